The quantitative estimate of drug-likeness (QED) is 0.727. The molecule has 1 aliphatic heterocycles. The van der Waals surface area contributed by atoms with Gasteiger partial charge in [-0.3, -0.25) is 0 Å². The van der Waals surface area contributed by atoms with E-state index in [0.717, 1.165) is 17.7 Å². The summed E-state index contributed by atoms with van der Waals surface area (Å²) in [4.78, 5) is 11.3. The average Bonchev–Trinajstić information content (AvgIpc) is 2.77. The molecular formula is C14H15NO2. The van der Waals surface area contributed by atoms with Gasteiger partial charge in [0.05, 0.1) is 0 Å². The monoisotopic (exact) mass is 229 g/mol. The zero-order chi connectivity index (χ0) is 12.0. The molecule has 0 spiro atoms. The fourth-order valence-corrected chi connectivity index (χ4v) is 3.02. The maximum Gasteiger partial charge on any atom is 0.326 e. The first-order valence-corrected chi connectivity index (χ1v) is 5.94. The second-order valence-electron chi connectivity index (χ2n) is 4.85. The fraction of sp³-hybridized carbons (Fsp3) is 0.357. The Labute approximate surface area is 100 Å². The van der Waals surface area contributed by atoms with Crippen LogP contribution in [0.1, 0.15) is 23.5 Å². The molecule has 0 radical (unpaired) electrons. The number of carboxylic acid groups (broad SMARTS) is 1. The number of carbonyl (C=O) groups is 1. The molecule has 3 atom stereocenters. The number of rotatable bonds is 1. The summed E-state index contributed by atoms with van der Waals surface area (Å²) in [6.45, 7) is 2.02. The summed E-state index contributed by atoms with van der Waals surface area (Å²) in [5.41, 5.74) is 3.36. The minimum absolute atomic E-state index is 0.154. The van der Waals surface area contributed by atoms with Crippen LogP contribution >= 0.6 is 0 Å². The normalized spacial score (nSPS) is 29.4. The van der Waals surface area contributed by atoms with Crippen LogP contribution in [0, 0.1) is 12.8 Å². The van der Waals surface area contributed by atoms with Gasteiger partial charge in [-0.2, -0.15) is 0 Å². The molecule has 0 saturated heterocycles. The summed E-state index contributed by atoms with van der Waals surface area (Å²) in [5, 5.41) is 12.5. The Morgan fingerprint density at radius 2 is 2.29 bits per heavy atom. The molecule has 0 bridgehead atoms. The van der Waals surface area contributed by atoms with Gasteiger partial charge < -0.3 is 10.4 Å². The van der Waals surface area contributed by atoms with Gasteiger partial charge in [-0.1, -0.05) is 30.4 Å². The Kier molecular flexibility index (Phi) is 2.21. The van der Waals surface area contributed by atoms with Crippen molar-refractivity contribution in [1.29, 1.82) is 0 Å². The Bertz CT molecular complexity index is 507. The molecule has 17 heavy (non-hydrogen) atoms. The summed E-state index contributed by atoms with van der Waals surface area (Å²) in [6, 6.07) is 5.69. The molecule has 2 N–H and O–H groups in total. The van der Waals surface area contributed by atoms with Gasteiger partial charge >= 0.3 is 5.97 Å². The number of nitrogens with one attached hydrogen (secondary N) is 1. The highest BCUT2D eigenvalue weighted by molar-refractivity contribution is 5.81. The third-order valence-corrected chi connectivity index (χ3v) is 3.87. The molecule has 1 aromatic carbocycles. The molecule has 3 rings (SSSR count). The lowest BCUT2D eigenvalue weighted by molar-refractivity contribution is -0.139. The van der Waals surface area contributed by atoms with Gasteiger partial charge in [0.2, 0.25) is 0 Å². The Hall–Kier alpha value is -1.77. The maximum absolute atomic E-state index is 11.3. The first kappa shape index (κ1) is 10.4. The van der Waals surface area contributed by atoms with Crippen molar-refractivity contribution in [2.45, 2.75) is 25.3 Å². The lowest BCUT2D eigenvalue weighted by Gasteiger charge is -2.35. The van der Waals surface area contributed by atoms with Gasteiger partial charge in [0, 0.05) is 17.5 Å². The number of carboxylic acids is 1. The van der Waals surface area contributed by atoms with E-state index in [9.17, 15) is 9.90 Å². The summed E-state index contributed by atoms with van der Waals surface area (Å²) < 4.78 is 0. The summed E-state index contributed by atoms with van der Waals surface area (Å²) in [7, 11) is 0. The predicted octanol–water partition coefficient (Wildman–Crippen LogP) is 2.53. The Morgan fingerprint density at radius 3 is 3.06 bits per heavy atom. The highest BCUT2D eigenvalue weighted by atomic mass is 16.4. The van der Waals surface area contributed by atoms with Crippen molar-refractivity contribution in [3.05, 3.63) is 41.5 Å². The van der Waals surface area contributed by atoms with E-state index in [2.05, 4.69) is 23.5 Å². The molecule has 0 amide bonds. The topological polar surface area (TPSA) is 49.3 Å². The molecule has 0 unspecified atom stereocenters. The van der Waals surface area contributed by atoms with Crippen molar-refractivity contribution >= 4 is 11.7 Å². The van der Waals surface area contributed by atoms with Crippen LogP contribution in [0.2, 0.25) is 0 Å². The van der Waals surface area contributed by atoms with Gasteiger partial charge in [-0.25, -0.2) is 4.79 Å². The summed E-state index contributed by atoms with van der Waals surface area (Å²) in [6.07, 6.45) is 5.10. The smallest absolute Gasteiger partial charge is 0.326 e. The average molecular weight is 229 g/mol. The number of aliphatic carboxylic acids is 1. The molecular weight excluding hydrogens is 214 g/mol. The van der Waals surface area contributed by atoms with Crippen LogP contribution in [0.4, 0.5) is 5.69 Å². The van der Waals surface area contributed by atoms with Gasteiger partial charge in [0.1, 0.15) is 6.04 Å². The molecule has 1 heterocycles. The number of para-hydroxylation sites is 1. The van der Waals surface area contributed by atoms with Crippen molar-refractivity contribution in [1.82, 2.24) is 0 Å². The van der Waals surface area contributed by atoms with Gasteiger partial charge in [-0.05, 0) is 24.5 Å². The van der Waals surface area contributed by atoms with E-state index in [-0.39, 0.29) is 11.8 Å². The lowest BCUT2D eigenvalue weighted by Crippen LogP contribution is -2.42. The third-order valence-electron chi connectivity index (χ3n) is 3.87. The van der Waals surface area contributed by atoms with Gasteiger partial charge in [0.25, 0.3) is 0 Å². The zero-order valence-electron chi connectivity index (χ0n) is 9.68. The van der Waals surface area contributed by atoms with Crippen molar-refractivity contribution in [2.75, 3.05) is 5.32 Å². The third kappa shape index (κ3) is 1.46. The number of fused-ring (bicyclic) bond motifs is 3. The fourth-order valence-electron chi connectivity index (χ4n) is 3.02. The standard InChI is InChI=1S/C14H15NO2/c1-8-4-2-6-10-9-5-3-7-11(9)13(14(16)17)15-12(8)10/h2-6,9,11,13,15H,7H2,1H3,(H,16,17)/t9-,11+,13-/m1/s1. The van der Waals surface area contributed by atoms with Crippen LogP contribution in [0.25, 0.3) is 0 Å². The molecule has 0 saturated carbocycles. The zero-order valence-corrected chi connectivity index (χ0v) is 9.68. The minimum Gasteiger partial charge on any atom is -0.480 e. The van der Waals surface area contributed by atoms with Crippen LogP contribution in [-0.4, -0.2) is 17.1 Å². The minimum atomic E-state index is -0.752. The van der Waals surface area contributed by atoms with E-state index < -0.39 is 12.0 Å². The summed E-state index contributed by atoms with van der Waals surface area (Å²) in [5.74, 6) is -0.341. The number of hydrogen-bond acceptors (Lipinski definition) is 2. The molecule has 88 valence electrons. The summed E-state index contributed by atoms with van der Waals surface area (Å²) >= 11 is 0. The van der Waals surface area contributed by atoms with E-state index in [1.807, 2.05) is 19.1 Å². The van der Waals surface area contributed by atoms with Crippen molar-refractivity contribution < 1.29 is 9.90 Å². The molecule has 1 aromatic rings. The highest BCUT2D eigenvalue weighted by Crippen LogP contribution is 2.45. The molecule has 1 aliphatic carbocycles. The van der Waals surface area contributed by atoms with Crippen molar-refractivity contribution in [3.63, 3.8) is 0 Å². The molecule has 0 fully saturated rings. The van der Waals surface area contributed by atoms with Crippen LogP contribution in [0.15, 0.2) is 30.4 Å². The SMILES string of the molecule is Cc1cccc2c1N[C@@H](C(=O)O)[C@H]1CC=C[C@H]21. The Balaban J connectivity index is 2.12. The first-order valence-electron chi connectivity index (χ1n) is 5.94. The van der Waals surface area contributed by atoms with Crippen molar-refractivity contribution in [3.8, 4) is 0 Å². The molecule has 2 aliphatic rings. The maximum atomic E-state index is 11.3. The van der Waals surface area contributed by atoms with Crippen LogP contribution < -0.4 is 5.32 Å². The predicted molar refractivity (Wildman–Crippen MR) is 66.2 cm³/mol. The van der Waals surface area contributed by atoms with E-state index >= 15 is 0 Å². The Morgan fingerprint density at radius 1 is 1.47 bits per heavy atom. The number of benzene rings is 1. The number of anilines is 1. The van der Waals surface area contributed by atoms with E-state index in [1.165, 1.54) is 5.56 Å². The van der Waals surface area contributed by atoms with E-state index in [4.69, 9.17) is 0 Å². The van der Waals surface area contributed by atoms with Gasteiger partial charge in [-0.15, -0.1) is 0 Å². The number of allylic oxidation sites excluding steroid dienone is 2. The lowest BCUT2D eigenvalue weighted by atomic mass is 9.78. The highest BCUT2D eigenvalue weighted by Gasteiger charge is 2.40. The molecule has 3 heteroatoms. The second-order valence-corrected chi connectivity index (χ2v) is 4.85. The van der Waals surface area contributed by atoms with Crippen LogP contribution in [0.3, 0.4) is 0 Å². The first-order chi connectivity index (χ1) is 8.18. The number of aryl methyl sites for hydroxylation is 1. The van der Waals surface area contributed by atoms with E-state index in [1.54, 1.807) is 0 Å². The molecule has 0 aromatic heterocycles. The van der Waals surface area contributed by atoms with E-state index in [0.29, 0.717) is 0 Å². The largest absolute Gasteiger partial charge is 0.480 e. The molecule has 3 nitrogen and oxygen atoms in total. The van der Waals surface area contributed by atoms with Crippen LogP contribution in [0.5, 0.6) is 0 Å². The van der Waals surface area contributed by atoms with Crippen LogP contribution in [-0.2, 0) is 4.79 Å². The van der Waals surface area contributed by atoms with Gasteiger partial charge in [0.15, 0.2) is 0 Å². The second kappa shape index (κ2) is 3.62. The number of hydrogen-bond donors (Lipinski definition) is 2. The van der Waals surface area contributed by atoms with Crippen molar-refractivity contribution in [2.24, 2.45) is 5.92 Å².